The quantitative estimate of drug-likeness (QED) is 0.763. The average molecular weight is 230 g/mol. The monoisotopic (exact) mass is 230 g/mol. The van der Waals surface area contributed by atoms with Gasteiger partial charge in [-0.15, -0.1) is 0 Å². The molecule has 1 aromatic rings. The Balaban J connectivity index is 3.20. The minimum absolute atomic E-state index is 0.0378. The minimum Gasteiger partial charge on any atom is -0.493 e. The zero-order chi connectivity index (χ0) is 11.4. The first-order chi connectivity index (χ1) is 7.06. The number of aromatic carboxylic acids is 1. The molecule has 0 saturated carbocycles. The number of carbonyl (C=O) groups is 1. The second kappa shape index (κ2) is 4.90. The third-order valence-electron chi connectivity index (χ3n) is 1.68. The maximum absolute atomic E-state index is 10.8. The molecule has 5 nitrogen and oxygen atoms in total. The summed E-state index contributed by atoms with van der Waals surface area (Å²) in [6, 6.07) is 3.85. The molecule has 82 valence electrons. The van der Waals surface area contributed by atoms with Crippen LogP contribution in [0, 0.1) is 0 Å². The van der Waals surface area contributed by atoms with Gasteiger partial charge < -0.3 is 14.4 Å². The molecule has 0 saturated heterocycles. The molecular formula is C9H10O5S. The Morgan fingerprint density at radius 2 is 2.20 bits per heavy atom. The van der Waals surface area contributed by atoms with Gasteiger partial charge in [-0.3, -0.25) is 0 Å². The van der Waals surface area contributed by atoms with E-state index in [0.717, 1.165) is 6.07 Å². The van der Waals surface area contributed by atoms with Crippen LogP contribution in [0.4, 0.5) is 0 Å². The summed E-state index contributed by atoms with van der Waals surface area (Å²) in [6.45, 7) is 2.06. The smallest absolute Gasteiger partial charge is 0.339 e. The van der Waals surface area contributed by atoms with Crippen LogP contribution in [0.1, 0.15) is 17.3 Å². The highest BCUT2D eigenvalue weighted by molar-refractivity contribution is 7.79. The van der Waals surface area contributed by atoms with E-state index in [1.54, 1.807) is 6.92 Å². The first-order valence-corrected chi connectivity index (χ1v) is 5.28. The number of ether oxygens (including phenoxy) is 1. The first-order valence-electron chi connectivity index (χ1n) is 4.17. The highest BCUT2D eigenvalue weighted by atomic mass is 32.2. The predicted molar refractivity (Wildman–Crippen MR) is 53.6 cm³/mol. The van der Waals surface area contributed by atoms with Gasteiger partial charge in [0.25, 0.3) is 0 Å². The Morgan fingerprint density at radius 1 is 1.53 bits per heavy atom. The van der Waals surface area contributed by atoms with E-state index >= 15 is 0 Å². The van der Waals surface area contributed by atoms with Crippen LogP contribution >= 0.6 is 0 Å². The topological polar surface area (TPSA) is 83.8 Å². The van der Waals surface area contributed by atoms with Crippen LogP contribution in [0.15, 0.2) is 23.1 Å². The van der Waals surface area contributed by atoms with Crippen molar-refractivity contribution >= 4 is 17.0 Å². The van der Waals surface area contributed by atoms with Crippen LogP contribution in [0.5, 0.6) is 5.75 Å². The highest BCUT2D eigenvalue weighted by Gasteiger charge is 2.13. The molecular weight excluding hydrogens is 220 g/mol. The molecule has 0 bridgehead atoms. The SMILES string of the molecule is CCOc1ccc(S(=O)O)cc1C(=O)O. The molecule has 0 radical (unpaired) electrons. The molecule has 0 aliphatic carbocycles. The van der Waals surface area contributed by atoms with Gasteiger partial charge in [-0.1, -0.05) is 0 Å². The molecule has 1 aromatic carbocycles. The summed E-state index contributed by atoms with van der Waals surface area (Å²) < 4.78 is 24.6. The first kappa shape index (κ1) is 11.7. The van der Waals surface area contributed by atoms with Crippen molar-refractivity contribution in [3.63, 3.8) is 0 Å². The molecule has 0 aliphatic rings. The molecule has 0 aromatic heterocycles. The Kier molecular flexibility index (Phi) is 3.81. The van der Waals surface area contributed by atoms with Gasteiger partial charge in [0.05, 0.1) is 11.5 Å². The van der Waals surface area contributed by atoms with E-state index in [9.17, 15) is 9.00 Å². The van der Waals surface area contributed by atoms with Crippen molar-refractivity contribution in [3.8, 4) is 5.75 Å². The normalized spacial score (nSPS) is 12.1. The lowest BCUT2D eigenvalue weighted by atomic mass is 10.2. The van der Waals surface area contributed by atoms with E-state index < -0.39 is 17.0 Å². The number of rotatable bonds is 4. The zero-order valence-corrected chi connectivity index (χ0v) is 8.78. The lowest BCUT2D eigenvalue weighted by Gasteiger charge is -2.07. The number of carboxylic acids is 1. The molecule has 0 spiro atoms. The summed E-state index contributed by atoms with van der Waals surface area (Å²) in [7, 11) is 0. The van der Waals surface area contributed by atoms with E-state index in [0.29, 0.717) is 6.61 Å². The van der Waals surface area contributed by atoms with Crippen molar-refractivity contribution in [1.82, 2.24) is 0 Å². The molecule has 1 rings (SSSR count). The van der Waals surface area contributed by atoms with Crippen LogP contribution in [-0.4, -0.2) is 26.4 Å². The molecule has 0 aliphatic heterocycles. The Morgan fingerprint density at radius 3 is 2.67 bits per heavy atom. The fourth-order valence-electron chi connectivity index (χ4n) is 1.07. The lowest BCUT2D eigenvalue weighted by Crippen LogP contribution is -2.04. The van der Waals surface area contributed by atoms with Gasteiger partial charge in [-0.25, -0.2) is 9.00 Å². The Bertz CT molecular complexity index is 401. The summed E-state index contributed by atoms with van der Waals surface area (Å²) in [5.74, 6) is -0.995. The third kappa shape index (κ3) is 2.77. The van der Waals surface area contributed by atoms with Crippen LogP contribution in [0.25, 0.3) is 0 Å². The van der Waals surface area contributed by atoms with Gasteiger partial charge in [0.15, 0.2) is 11.1 Å². The van der Waals surface area contributed by atoms with Crippen molar-refractivity contribution in [1.29, 1.82) is 0 Å². The van der Waals surface area contributed by atoms with Gasteiger partial charge in [0.2, 0.25) is 0 Å². The van der Waals surface area contributed by atoms with E-state index in [4.69, 9.17) is 14.4 Å². The van der Waals surface area contributed by atoms with Crippen LogP contribution in [0.3, 0.4) is 0 Å². The number of hydrogen-bond acceptors (Lipinski definition) is 3. The molecule has 0 amide bonds. The summed E-state index contributed by atoms with van der Waals surface area (Å²) in [6.07, 6.45) is 0. The Hall–Kier alpha value is -1.40. The molecule has 0 fully saturated rings. The van der Waals surface area contributed by atoms with Crippen molar-refractivity contribution in [2.75, 3.05) is 6.61 Å². The van der Waals surface area contributed by atoms with Crippen molar-refractivity contribution < 1.29 is 23.4 Å². The largest absolute Gasteiger partial charge is 0.493 e. The van der Waals surface area contributed by atoms with E-state index in [1.807, 2.05) is 0 Å². The summed E-state index contributed by atoms with van der Waals surface area (Å²) in [5.41, 5.74) is -0.114. The van der Waals surface area contributed by atoms with Gasteiger partial charge in [-0.05, 0) is 25.1 Å². The second-order valence-electron chi connectivity index (χ2n) is 2.65. The molecule has 0 heterocycles. The van der Waals surface area contributed by atoms with E-state index in [1.165, 1.54) is 12.1 Å². The van der Waals surface area contributed by atoms with Gasteiger partial charge in [0, 0.05) is 0 Å². The molecule has 1 atom stereocenters. The highest BCUT2D eigenvalue weighted by Crippen LogP contribution is 2.21. The Labute approximate surface area is 89.0 Å². The van der Waals surface area contributed by atoms with Crippen LogP contribution < -0.4 is 4.74 Å². The van der Waals surface area contributed by atoms with Gasteiger partial charge >= 0.3 is 5.97 Å². The molecule has 6 heteroatoms. The van der Waals surface area contributed by atoms with Crippen LogP contribution in [0.2, 0.25) is 0 Å². The number of carboxylic acid groups (broad SMARTS) is 1. The standard InChI is InChI=1S/C9H10O5S/c1-2-14-8-4-3-6(15(12)13)5-7(8)9(10)11/h3-5H,2H2,1H3,(H,10,11)(H,12,13). The molecule has 1 unspecified atom stereocenters. The van der Waals surface area contributed by atoms with Gasteiger partial charge in [0.1, 0.15) is 11.3 Å². The summed E-state index contributed by atoms with van der Waals surface area (Å²) in [4.78, 5) is 10.8. The maximum atomic E-state index is 10.8. The van der Waals surface area contributed by atoms with Crippen molar-refractivity contribution in [3.05, 3.63) is 23.8 Å². The molecule has 2 N–H and O–H groups in total. The minimum atomic E-state index is -2.19. The third-order valence-corrected chi connectivity index (χ3v) is 2.34. The maximum Gasteiger partial charge on any atom is 0.339 e. The number of hydrogen-bond donors (Lipinski definition) is 2. The average Bonchev–Trinajstić information content (AvgIpc) is 2.18. The fourth-order valence-corrected chi connectivity index (χ4v) is 1.47. The molecule has 15 heavy (non-hydrogen) atoms. The van der Waals surface area contributed by atoms with E-state index in [-0.39, 0.29) is 16.2 Å². The summed E-state index contributed by atoms with van der Waals surface area (Å²) >= 11 is -2.19. The summed E-state index contributed by atoms with van der Waals surface area (Å²) in [5, 5.41) is 8.84. The van der Waals surface area contributed by atoms with Crippen molar-refractivity contribution in [2.45, 2.75) is 11.8 Å². The van der Waals surface area contributed by atoms with Crippen molar-refractivity contribution in [2.24, 2.45) is 0 Å². The zero-order valence-electron chi connectivity index (χ0n) is 7.97. The number of benzene rings is 1. The fraction of sp³-hybridized carbons (Fsp3) is 0.222. The predicted octanol–water partition coefficient (Wildman–Crippen LogP) is 1.36. The van der Waals surface area contributed by atoms with E-state index in [2.05, 4.69) is 0 Å². The van der Waals surface area contributed by atoms with Crippen LogP contribution in [-0.2, 0) is 11.1 Å². The van der Waals surface area contributed by atoms with Gasteiger partial charge in [-0.2, -0.15) is 0 Å². The second-order valence-corrected chi connectivity index (χ2v) is 3.62. The lowest BCUT2D eigenvalue weighted by molar-refractivity contribution is 0.0692.